The molecule has 4 nitrogen and oxygen atoms in total. The van der Waals surface area contributed by atoms with Crippen molar-refractivity contribution in [3.05, 3.63) is 90.8 Å². The zero-order valence-electron chi connectivity index (χ0n) is 12.9. The fourth-order valence-electron chi connectivity index (χ4n) is 2.06. The van der Waals surface area contributed by atoms with Gasteiger partial charge in [0.1, 0.15) is 11.5 Å². The molecule has 0 aliphatic heterocycles. The first-order valence-electron chi connectivity index (χ1n) is 7.52. The Morgan fingerprint density at radius 3 is 2.25 bits per heavy atom. The van der Waals surface area contributed by atoms with Crippen LogP contribution in [0.1, 0.15) is 5.56 Å². The van der Waals surface area contributed by atoms with Crippen LogP contribution in [0.5, 0.6) is 11.5 Å². The zero-order valence-corrected chi connectivity index (χ0v) is 12.9. The highest BCUT2D eigenvalue weighted by Crippen LogP contribution is 2.22. The number of benzene rings is 2. The summed E-state index contributed by atoms with van der Waals surface area (Å²) >= 11 is 0. The molecule has 4 heteroatoms. The molecule has 1 amide bonds. The van der Waals surface area contributed by atoms with Gasteiger partial charge in [0.15, 0.2) is 0 Å². The summed E-state index contributed by atoms with van der Waals surface area (Å²) in [6, 6.07) is 20.4. The van der Waals surface area contributed by atoms with Crippen LogP contribution in [0.3, 0.4) is 0 Å². The van der Waals surface area contributed by atoms with Gasteiger partial charge in [-0.1, -0.05) is 18.2 Å². The number of anilines is 1. The smallest absolute Gasteiger partial charge is 0.248 e. The molecule has 0 spiro atoms. The Balaban J connectivity index is 1.58. The maximum Gasteiger partial charge on any atom is 0.248 e. The van der Waals surface area contributed by atoms with Gasteiger partial charge in [-0.15, -0.1) is 0 Å². The molecule has 0 saturated heterocycles. The largest absolute Gasteiger partial charge is 0.457 e. The molecule has 3 rings (SSSR count). The number of para-hydroxylation sites is 1. The molecule has 24 heavy (non-hydrogen) atoms. The SMILES string of the molecule is O=C(C=Cc1ccncc1)Nc1ccc(Oc2ccccc2)cc1. The summed E-state index contributed by atoms with van der Waals surface area (Å²) < 4.78 is 5.71. The van der Waals surface area contributed by atoms with Crippen molar-refractivity contribution >= 4 is 17.7 Å². The van der Waals surface area contributed by atoms with E-state index in [1.165, 1.54) is 6.08 Å². The number of rotatable bonds is 5. The predicted molar refractivity (Wildman–Crippen MR) is 94.9 cm³/mol. The number of aromatic nitrogens is 1. The molecule has 0 radical (unpaired) electrons. The first-order valence-corrected chi connectivity index (χ1v) is 7.52. The Labute approximate surface area is 140 Å². The number of nitrogens with zero attached hydrogens (tertiary/aromatic N) is 1. The van der Waals surface area contributed by atoms with Crippen LogP contribution in [0, 0.1) is 0 Å². The van der Waals surface area contributed by atoms with Crippen LogP contribution in [0.4, 0.5) is 5.69 Å². The van der Waals surface area contributed by atoms with E-state index in [4.69, 9.17) is 4.74 Å². The van der Waals surface area contributed by atoms with E-state index in [1.807, 2.05) is 54.6 Å². The van der Waals surface area contributed by atoms with Gasteiger partial charge in [-0.2, -0.15) is 0 Å². The van der Waals surface area contributed by atoms with Crippen LogP contribution in [0.2, 0.25) is 0 Å². The summed E-state index contributed by atoms with van der Waals surface area (Å²) in [5, 5.41) is 2.81. The van der Waals surface area contributed by atoms with Crippen molar-refractivity contribution in [2.24, 2.45) is 0 Å². The fourth-order valence-corrected chi connectivity index (χ4v) is 2.06. The van der Waals surface area contributed by atoms with Crippen molar-refractivity contribution in [1.82, 2.24) is 4.98 Å². The topological polar surface area (TPSA) is 51.2 Å². The number of pyridine rings is 1. The zero-order chi connectivity index (χ0) is 16.6. The molecular weight excluding hydrogens is 300 g/mol. The van der Waals surface area contributed by atoms with Gasteiger partial charge >= 0.3 is 0 Å². The molecule has 0 atom stereocenters. The third-order valence-electron chi connectivity index (χ3n) is 3.23. The van der Waals surface area contributed by atoms with E-state index in [0.717, 1.165) is 11.3 Å². The van der Waals surface area contributed by atoms with Gasteiger partial charge in [-0.25, -0.2) is 0 Å². The van der Waals surface area contributed by atoms with E-state index in [0.29, 0.717) is 11.4 Å². The minimum Gasteiger partial charge on any atom is -0.457 e. The number of hydrogen-bond acceptors (Lipinski definition) is 3. The summed E-state index contributed by atoms with van der Waals surface area (Å²) in [4.78, 5) is 15.8. The maximum absolute atomic E-state index is 11.9. The van der Waals surface area contributed by atoms with Crippen molar-refractivity contribution in [2.45, 2.75) is 0 Å². The molecule has 1 N–H and O–H groups in total. The molecule has 0 fully saturated rings. The lowest BCUT2D eigenvalue weighted by Gasteiger charge is -2.07. The Morgan fingerprint density at radius 1 is 0.875 bits per heavy atom. The van der Waals surface area contributed by atoms with Crippen LogP contribution in [0.15, 0.2) is 85.2 Å². The van der Waals surface area contributed by atoms with Gasteiger partial charge in [-0.05, 0) is 60.2 Å². The average Bonchev–Trinajstić information content (AvgIpc) is 2.63. The molecule has 2 aromatic carbocycles. The van der Waals surface area contributed by atoms with Crippen LogP contribution in [-0.2, 0) is 4.79 Å². The van der Waals surface area contributed by atoms with E-state index in [-0.39, 0.29) is 5.91 Å². The Hall–Kier alpha value is -3.40. The van der Waals surface area contributed by atoms with Gasteiger partial charge in [0.2, 0.25) is 5.91 Å². The van der Waals surface area contributed by atoms with Crippen LogP contribution < -0.4 is 10.1 Å². The molecule has 0 bridgehead atoms. The monoisotopic (exact) mass is 316 g/mol. The van der Waals surface area contributed by atoms with Crippen molar-refractivity contribution < 1.29 is 9.53 Å². The summed E-state index contributed by atoms with van der Waals surface area (Å²) in [6.07, 6.45) is 6.60. The van der Waals surface area contributed by atoms with Crippen LogP contribution >= 0.6 is 0 Å². The molecule has 1 heterocycles. The van der Waals surface area contributed by atoms with Crippen LogP contribution in [0.25, 0.3) is 6.08 Å². The molecule has 0 aliphatic rings. The Kier molecular flexibility index (Phi) is 5.00. The number of hydrogen-bond donors (Lipinski definition) is 1. The second-order valence-corrected chi connectivity index (χ2v) is 5.04. The molecule has 1 aromatic heterocycles. The first kappa shape index (κ1) is 15.5. The maximum atomic E-state index is 11.9. The number of carbonyl (C=O) groups is 1. The van der Waals surface area contributed by atoms with E-state index in [9.17, 15) is 4.79 Å². The third-order valence-corrected chi connectivity index (χ3v) is 3.23. The number of carbonyl (C=O) groups excluding carboxylic acids is 1. The Morgan fingerprint density at radius 2 is 1.54 bits per heavy atom. The lowest BCUT2D eigenvalue weighted by atomic mass is 10.2. The lowest BCUT2D eigenvalue weighted by Crippen LogP contribution is -2.07. The first-order chi connectivity index (χ1) is 11.8. The third kappa shape index (κ3) is 4.55. The highest BCUT2D eigenvalue weighted by Gasteiger charge is 2.00. The molecule has 118 valence electrons. The van der Waals surface area contributed by atoms with Gasteiger partial charge in [0.25, 0.3) is 0 Å². The van der Waals surface area contributed by atoms with E-state index >= 15 is 0 Å². The molecule has 0 aliphatic carbocycles. The van der Waals surface area contributed by atoms with E-state index < -0.39 is 0 Å². The van der Waals surface area contributed by atoms with Gasteiger partial charge in [-0.3, -0.25) is 9.78 Å². The molecular formula is C20H16N2O2. The van der Waals surface area contributed by atoms with E-state index in [2.05, 4.69) is 10.3 Å². The van der Waals surface area contributed by atoms with Crippen molar-refractivity contribution in [1.29, 1.82) is 0 Å². The van der Waals surface area contributed by atoms with Crippen molar-refractivity contribution in [3.63, 3.8) is 0 Å². The Bertz CT molecular complexity index is 813. The number of amides is 1. The van der Waals surface area contributed by atoms with Crippen molar-refractivity contribution in [3.8, 4) is 11.5 Å². The standard InChI is InChI=1S/C20H16N2O2/c23-20(11-6-16-12-14-21-15-13-16)22-17-7-9-19(10-8-17)24-18-4-2-1-3-5-18/h1-15H,(H,22,23). The highest BCUT2D eigenvalue weighted by molar-refractivity contribution is 6.01. The summed E-state index contributed by atoms with van der Waals surface area (Å²) in [5.41, 5.74) is 1.63. The normalized spacial score (nSPS) is 10.5. The molecule has 0 saturated carbocycles. The quantitative estimate of drug-likeness (QED) is 0.704. The summed E-state index contributed by atoms with van der Waals surface area (Å²) in [5.74, 6) is 1.30. The minimum atomic E-state index is -0.191. The highest BCUT2D eigenvalue weighted by atomic mass is 16.5. The molecule has 3 aromatic rings. The van der Waals surface area contributed by atoms with Gasteiger partial charge in [0.05, 0.1) is 0 Å². The van der Waals surface area contributed by atoms with Crippen LogP contribution in [-0.4, -0.2) is 10.9 Å². The average molecular weight is 316 g/mol. The number of nitrogens with one attached hydrogen (secondary N) is 1. The summed E-state index contributed by atoms with van der Waals surface area (Å²) in [7, 11) is 0. The van der Waals surface area contributed by atoms with Gasteiger partial charge in [0, 0.05) is 24.2 Å². The van der Waals surface area contributed by atoms with E-state index in [1.54, 1.807) is 30.6 Å². The van der Waals surface area contributed by atoms with Gasteiger partial charge < -0.3 is 10.1 Å². The molecule has 0 unspecified atom stereocenters. The van der Waals surface area contributed by atoms with Crippen molar-refractivity contribution in [2.75, 3.05) is 5.32 Å². The minimum absolute atomic E-state index is 0.191. The number of ether oxygens (including phenoxy) is 1. The predicted octanol–water partition coefficient (Wildman–Crippen LogP) is 4.53. The second kappa shape index (κ2) is 7.74. The summed E-state index contributed by atoms with van der Waals surface area (Å²) in [6.45, 7) is 0. The second-order valence-electron chi connectivity index (χ2n) is 5.04. The fraction of sp³-hybridized carbons (Fsp3) is 0. The lowest BCUT2D eigenvalue weighted by molar-refractivity contribution is -0.111.